The van der Waals surface area contributed by atoms with Gasteiger partial charge < -0.3 is 24.6 Å². The summed E-state index contributed by atoms with van der Waals surface area (Å²) >= 11 is 3.49. The first-order valence-corrected chi connectivity index (χ1v) is 11.0. The molecule has 2 aromatic rings. The number of hydrogen-bond acceptors (Lipinski definition) is 7. The number of quaternary nitrogens is 1. The first-order valence-electron chi connectivity index (χ1n) is 9.13. The second-order valence-corrected chi connectivity index (χ2v) is 7.89. The van der Waals surface area contributed by atoms with Gasteiger partial charge in [-0.15, -0.1) is 0 Å². The molecule has 1 aliphatic rings. The predicted octanol–water partition coefficient (Wildman–Crippen LogP) is 0.674. The van der Waals surface area contributed by atoms with E-state index in [9.17, 15) is 4.79 Å². The van der Waals surface area contributed by atoms with E-state index >= 15 is 0 Å². The lowest BCUT2D eigenvalue weighted by molar-refractivity contribution is -0.895. The number of carboxylic acid groups (broad SMARTS) is 2. The average molecular weight is 438 g/mol. The van der Waals surface area contributed by atoms with Crippen molar-refractivity contribution in [3.05, 3.63) is 50.4 Å². The van der Waals surface area contributed by atoms with Crippen LogP contribution in [0.3, 0.4) is 0 Å². The van der Waals surface area contributed by atoms with Gasteiger partial charge in [0.25, 0.3) is 0 Å². The van der Waals surface area contributed by atoms with E-state index in [-0.39, 0.29) is 5.97 Å². The molecule has 0 aliphatic carbocycles. The van der Waals surface area contributed by atoms with Crippen molar-refractivity contribution in [2.45, 2.75) is 19.8 Å². The zero-order chi connectivity index (χ0) is 21.2. The standard InChI is InChI=1S/C18H21NO2S2.C2H2O4/c1-2-21-17(20)11-19-7-3-14(4-8-19)18(15-5-9-22-12-15)16-6-10-23-13-16;3-1(4)2(5)6/h5-6,9-10,12-13H,2-4,7-8,11H2,1H3;(H,3,4)(H,5,6). The molecule has 0 atom stereocenters. The monoisotopic (exact) mass is 437 g/mol. The number of nitrogens with one attached hydrogen (secondary N) is 1. The van der Waals surface area contributed by atoms with Crippen LogP contribution < -0.4 is 10.0 Å². The third-order valence-electron chi connectivity index (χ3n) is 4.41. The van der Waals surface area contributed by atoms with Crippen LogP contribution in [-0.2, 0) is 19.1 Å². The van der Waals surface area contributed by atoms with Gasteiger partial charge in [-0.05, 0) is 57.3 Å². The fraction of sp³-hybridized carbons (Fsp3) is 0.350. The molecule has 156 valence electrons. The number of piperidine rings is 1. The molecule has 2 N–H and O–H groups in total. The van der Waals surface area contributed by atoms with E-state index in [0.717, 1.165) is 25.9 Å². The number of carbonyl (C=O) groups is 3. The fourth-order valence-corrected chi connectivity index (χ4v) is 4.43. The molecule has 7 nitrogen and oxygen atoms in total. The van der Waals surface area contributed by atoms with E-state index in [1.165, 1.54) is 27.2 Å². The molecule has 2 aromatic heterocycles. The number of aliphatic carboxylic acids is 2. The van der Waals surface area contributed by atoms with Crippen LogP contribution in [0.1, 0.15) is 30.9 Å². The summed E-state index contributed by atoms with van der Waals surface area (Å²) in [5, 5.41) is 25.1. The summed E-state index contributed by atoms with van der Waals surface area (Å²) in [5.41, 5.74) is 5.59. The van der Waals surface area contributed by atoms with Crippen molar-refractivity contribution in [2.24, 2.45) is 0 Å². The summed E-state index contributed by atoms with van der Waals surface area (Å²) < 4.78 is 5.07. The van der Waals surface area contributed by atoms with Crippen molar-refractivity contribution in [3.63, 3.8) is 0 Å². The van der Waals surface area contributed by atoms with Crippen LogP contribution in [0.2, 0.25) is 0 Å². The molecular formula is C20H23NO6S2. The summed E-state index contributed by atoms with van der Waals surface area (Å²) in [5.74, 6) is -4.09. The Morgan fingerprint density at radius 1 is 1.10 bits per heavy atom. The second kappa shape index (κ2) is 11.5. The highest BCUT2D eigenvalue weighted by Gasteiger charge is 2.23. The van der Waals surface area contributed by atoms with Gasteiger partial charge in [-0.2, -0.15) is 22.7 Å². The Kier molecular flexibility index (Phi) is 9.04. The second-order valence-electron chi connectivity index (χ2n) is 6.33. The van der Waals surface area contributed by atoms with Crippen LogP contribution in [0.4, 0.5) is 0 Å². The molecule has 3 heterocycles. The minimum absolute atomic E-state index is 0.0779. The lowest BCUT2D eigenvalue weighted by Gasteiger charge is -2.26. The van der Waals surface area contributed by atoms with Crippen LogP contribution in [-0.4, -0.2) is 49.3 Å². The Bertz CT molecular complexity index is 784. The van der Waals surface area contributed by atoms with Crippen LogP contribution in [0.15, 0.2) is 39.2 Å². The molecule has 1 saturated heterocycles. The third-order valence-corrected chi connectivity index (χ3v) is 5.77. The van der Waals surface area contributed by atoms with Gasteiger partial charge in [0.1, 0.15) is 0 Å². The summed E-state index contributed by atoms with van der Waals surface area (Å²) in [4.78, 5) is 31.0. The highest BCUT2D eigenvalue weighted by Crippen LogP contribution is 2.32. The van der Waals surface area contributed by atoms with E-state index in [0.29, 0.717) is 13.2 Å². The molecule has 1 aliphatic heterocycles. The third kappa shape index (κ3) is 7.12. The average Bonchev–Trinajstić information content (AvgIpc) is 3.39. The van der Waals surface area contributed by atoms with Gasteiger partial charge in [0.05, 0.1) is 19.7 Å². The van der Waals surface area contributed by atoms with Crippen LogP contribution in [0.25, 0.3) is 5.57 Å². The maximum Gasteiger partial charge on any atom is 0.361 e. The Balaban J connectivity index is 0.000000438. The maximum absolute atomic E-state index is 11.6. The van der Waals surface area contributed by atoms with Gasteiger partial charge in [0.15, 0.2) is 12.5 Å². The van der Waals surface area contributed by atoms with Crippen LogP contribution in [0.5, 0.6) is 0 Å². The molecule has 0 spiro atoms. The molecule has 0 amide bonds. The minimum Gasteiger partial charge on any atom is -0.539 e. The predicted molar refractivity (Wildman–Crippen MR) is 109 cm³/mol. The molecule has 0 saturated carbocycles. The highest BCUT2D eigenvalue weighted by molar-refractivity contribution is 7.08. The molecule has 9 heteroatoms. The largest absolute Gasteiger partial charge is 0.539 e. The Morgan fingerprint density at radius 2 is 1.62 bits per heavy atom. The van der Waals surface area contributed by atoms with Gasteiger partial charge in [-0.3, -0.25) is 0 Å². The van der Waals surface area contributed by atoms with Crippen LogP contribution >= 0.6 is 22.7 Å². The molecule has 1 fully saturated rings. The molecule has 0 unspecified atom stereocenters. The summed E-state index contributed by atoms with van der Waals surface area (Å²) in [6, 6.07) is 4.42. The summed E-state index contributed by atoms with van der Waals surface area (Å²) in [6.07, 6.45) is 2.10. The van der Waals surface area contributed by atoms with E-state index in [4.69, 9.17) is 24.5 Å². The SMILES string of the molecule is CCOC(=O)C[NH+]1CCC(=C(c2ccsc2)c2ccsc2)CC1.O=C([O-])C(=O)O. The van der Waals surface area contributed by atoms with Crippen molar-refractivity contribution in [2.75, 3.05) is 26.2 Å². The lowest BCUT2D eigenvalue weighted by atomic mass is 9.91. The van der Waals surface area contributed by atoms with Crippen molar-refractivity contribution in [1.82, 2.24) is 0 Å². The normalized spacial score (nSPS) is 15.8. The zero-order valence-corrected chi connectivity index (χ0v) is 17.6. The molecule has 29 heavy (non-hydrogen) atoms. The minimum atomic E-state index is -2.07. The quantitative estimate of drug-likeness (QED) is 0.526. The molecule has 0 bridgehead atoms. The molecule has 3 rings (SSSR count). The molecular weight excluding hydrogens is 414 g/mol. The summed E-state index contributed by atoms with van der Waals surface area (Å²) in [6.45, 7) is 4.83. The van der Waals surface area contributed by atoms with Gasteiger partial charge in [0.2, 0.25) is 0 Å². The lowest BCUT2D eigenvalue weighted by Crippen LogP contribution is -3.13. The fourth-order valence-electron chi connectivity index (χ4n) is 3.14. The highest BCUT2D eigenvalue weighted by atomic mass is 32.1. The van der Waals surface area contributed by atoms with E-state index < -0.39 is 11.9 Å². The maximum atomic E-state index is 11.6. The first kappa shape index (κ1) is 22.8. The van der Waals surface area contributed by atoms with Crippen molar-refractivity contribution in [1.29, 1.82) is 0 Å². The number of carboxylic acids is 2. The van der Waals surface area contributed by atoms with Gasteiger partial charge in [-0.25, -0.2) is 9.59 Å². The van der Waals surface area contributed by atoms with E-state index in [1.807, 2.05) is 6.92 Å². The Morgan fingerprint density at radius 3 is 2.00 bits per heavy atom. The number of likely N-dealkylation sites (tertiary alicyclic amines) is 1. The van der Waals surface area contributed by atoms with E-state index in [2.05, 4.69) is 33.7 Å². The topological polar surface area (TPSA) is 108 Å². The number of esters is 1. The Labute approximate surface area is 176 Å². The summed E-state index contributed by atoms with van der Waals surface area (Å²) in [7, 11) is 0. The number of thiophene rings is 2. The Hall–Kier alpha value is -2.49. The number of hydrogen-bond donors (Lipinski definition) is 2. The van der Waals surface area contributed by atoms with Crippen molar-refractivity contribution in [3.8, 4) is 0 Å². The smallest absolute Gasteiger partial charge is 0.361 e. The number of rotatable bonds is 5. The van der Waals surface area contributed by atoms with E-state index in [1.54, 1.807) is 22.7 Å². The van der Waals surface area contributed by atoms with Crippen molar-refractivity contribution < 1.29 is 34.2 Å². The first-order chi connectivity index (χ1) is 13.9. The van der Waals surface area contributed by atoms with Gasteiger partial charge >= 0.3 is 11.9 Å². The zero-order valence-electron chi connectivity index (χ0n) is 16.0. The van der Waals surface area contributed by atoms with Crippen LogP contribution in [0, 0.1) is 0 Å². The van der Waals surface area contributed by atoms with Gasteiger partial charge in [-0.1, -0.05) is 5.57 Å². The van der Waals surface area contributed by atoms with Gasteiger partial charge in [0, 0.05) is 12.8 Å². The number of ether oxygens (including phenoxy) is 1. The number of carbonyl (C=O) groups excluding carboxylic acids is 2. The molecule has 0 aromatic carbocycles. The molecule has 0 radical (unpaired) electrons. The van der Waals surface area contributed by atoms with Crippen molar-refractivity contribution >= 4 is 46.2 Å².